The summed E-state index contributed by atoms with van der Waals surface area (Å²) in [6.07, 6.45) is 0. The Morgan fingerprint density at radius 3 is 2.57 bits per heavy atom. The molecular weight excluding hydrogens is 304 g/mol. The molecule has 1 fully saturated rings. The quantitative estimate of drug-likeness (QED) is 0.879. The summed E-state index contributed by atoms with van der Waals surface area (Å²) in [5.74, 6) is 0.884. The molecule has 23 heavy (non-hydrogen) atoms. The van der Waals surface area contributed by atoms with Crippen molar-refractivity contribution in [3.63, 3.8) is 0 Å². The molecule has 1 saturated heterocycles. The zero-order valence-electron chi connectivity index (χ0n) is 13.3. The zero-order valence-corrected chi connectivity index (χ0v) is 14.1. The van der Waals surface area contributed by atoms with Gasteiger partial charge in [0, 0.05) is 29.9 Å². The van der Waals surface area contributed by atoms with E-state index in [1.807, 2.05) is 35.2 Å². The number of benzene rings is 2. The minimum absolute atomic E-state index is 0.0183. The van der Waals surface area contributed by atoms with Gasteiger partial charge < -0.3 is 10.6 Å². The van der Waals surface area contributed by atoms with E-state index >= 15 is 0 Å². The molecule has 0 bridgehead atoms. The van der Waals surface area contributed by atoms with E-state index in [1.54, 1.807) is 11.8 Å². The van der Waals surface area contributed by atoms with Crippen molar-refractivity contribution in [3.05, 3.63) is 65.7 Å². The van der Waals surface area contributed by atoms with Gasteiger partial charge in [-0.05, 0) is 24.1 Å². The van der Waals surface area contributed by atoms with Crippen molar-refractivity contribution in [1.29, 1.82) is 0 Å². The summed E-state index contributed by atoms with van der Waals surface area (Å²) in [5, 5.41) is 0. The molecule has 2 N–H and O–H groups in total. The normalized spacial score (nSPS) is 20.7. The molecule has 1 aliphatic rings. The Bertz CT molecular complexity index is 674. The minimum atomic E-state index is 0.0183. The van der Waals surface area contributed by atoms with Gasteiger partial charge in [-0.3, -0.25) is 4.79 Å². The number of hydrogen-bond donors (Lipinski definition) is 1. The van der Waals surface area contributed by atoms with Gasteiger partial charge in [0.05, 0.1) is 5.75 Å². The fourth-order valence-electron chi connectivity index (χ4n) is 3.03. The van der Waals surface area contributed by atoms with Crippen LogP contribution in [-0.2, 0) is 4.79 Å². The van der Waals surface area contributed by atoms with Crippen molar-refractivity contribution >= 4 is 17.7 Å². The smallest absolute Gasteiger partial charge is 0.233 e. The van der Waals surface area contributed by atoms with Crippen LogP contribution in [0.3, 0.4) is 0 Å². The number of nitrogens with two attached hydrogens (primary N) is 1. The first-order valence-electron chi connectivity index (χ1n) is 7.92. The van der Waals surface area contributed by atoms with Crippen molar-refractivity contribution < 1.29 is 4.79 Å². The highest BCUT2D eigenvalue weighted by Gasteiger charge is 2.33. The third-order valence-electron chi connectivity index (χ3n) is 4.39. The summed E-state index contributed by atoms with van der Waals surface area (Å²) in [4.78, 5) is 15.6. The Morgan fingerprint density at radius 2 is 1.83 bits per heavy atom. The van der Waals surface area contributed by atoms with Crippen LogP contribution in [0.5, 0.6) is 0 Å². The van der Waals surface area contributed by atoms with E-state index in [2.05, 4.69) is 31.2 Å². The fourth-order valence-corrected chi connectivity index (χ4v) is 3.97. The van der Waals surface area contributed by atoms with Crippen LogP contribution in [0.1, 0.15) is 17.0 Å². The molecule has 120 valence electrons. The lowest BCUT2D eigenvalue weighted by Gasteiger charge is -2.16. The highest BCUT2D eigenvalue weighted by molar-refractivity contribution is 8.00. The van der Waals surface area contributed by atoms with E-state index < -0.39 is 0 Å². The molecule has 1 aliphatic heterocycles. The summed E-state index contributed by atoms with van der Waals surface area (Å²) in [6.45, 7) is 3.44. The molecule has 2 atom stereocenters. The Hall–Kier alpha value is -1.78. The Morgan fingerprint density at radius 1 is 1.13 bits per heavy atom. The van der Waals surface area contributed by atoms with Gasteiger partial charge in [0.15, 0.2) is 0 Å². The topological polar surface area (TPSA) is 46.3 Å². The van der Waals surface area contributed by atoms with Crippen LogP contribution in [0.4, 0.5) is 0 Å². The van der Waals surface area contributed by atoms with Crippen LogP contribution < -0.4 is 5.73 Å². The summed E-state index contributed by atoms with van der Waals surface area (Å²) in [6, 6.07) is 18.4. The van der Waals surface area contributed by atoms with Crippen LogP contribution in [0.2, 0.25) is 0 Å². The van der Waals surface area contributed by atoms with Crippen LogP contribution in [-0.4, -0.2) is 35.7 Å². The maximum absolute atomic E-state index is 12.5. The van der Waals surface area contributed by atoms with Gasteiger partial charge in [0.1, 0.15) is 0 Å². The number of rotatable bonds is 4. The lowest BCUT2D eigenvalue weighted by Crippen LogP contribution is -2.33. The first kappa shape index (κ1) is 16.1. The Labute approximate surface area is 141 Å². The van der Waals surface area contributed by atoms with Gasteiger partial charge in [-0.1, -0.05) is 48.5 Å². The SMILES string of the molecule is Cc1ccccc1SCC(=O)N1C[C@@H](N)[C@H](c2ccccc2)C1. The predicted molar refractivity (Wildman–Crippen MR) is 95.6 cm³/mol. The van der Waals surface area contributed by atoms with Crippen molar-refractivity contribution in [1.82, 2.24) is 4.90 Å². The first-order valence-corrected chi connectivity index (χ1v) is 8.90. The third kappa shape index (κ3) is 3.77. The van der Waals surface area contributed by atoms with Crippen LogP contribution in [0.25, 0.3) is 0 Å². The highest BCUT2D eigenvalue weighted by Crippen LogP contribution is 2.28. The molecule has 0 aromatic heterocycles. The summed E-state index contributed by atoms with van der Waals surface area (Å²) >= 11 is 1.61. The Balaban J connectivity index is 1.60. The monoisotopic (exact) mass is 326 g/mol. The maximum Gasteiger partial charge on any atom is 0.233 e. The molecule has 2 aromatic rings. The minimum Gasteiger partial charge on any atom is -0.340 e. The molecule has 1 heterocycles. The maximum atomic E-state index is 12.5. The highest BCUT2D eigenvalue weighted by atomic mass is 32.2. The molecule has 0 aliphatic carbocycles. The van der Waals surface area contributed by atoms with Crippen LogP contribution in [0, 0.1) is 6.92 Å². The van der Waals surface area contributed by atoms with Gasteiger partial charge in [-0.2, -0.15) is 0 Å². The number of nitrogens with zero attached hydrogens (tertiary/aromatic N) is 1. The lowest BCUT2D eigenvalue weighted by atomic mass is 9.95. The largest absolute Gasteiger partial charge is 0.340 e. The van der Waals surface area contributed by atoms with Gasteiger partial charge in [-0.25, -0.2) is 0 Å². The van der Waals surface area contributed by atoms with E-state index in [-0.39, 0.29) is 17.9 Å². The van der Waals surface area contributed by atoms with E-state index in [0.717, 1.165) is 6.54 Å². The average Bonchev–Trinajstić information content (AvgIpc) is 2.96. The molecular formula is C19H22N2OS. The number of hydrogen-bond acceptors (Lipinski definition) is 3. The standard InChI is InChI=1S/C19H22N2OS/c1-14-7-5-6-10-18(14)23-13-19(22)21-11-16(17(20)12-21)15-8-3-2-4-9-15/h2-10,16-17H,11-13,20H2,1H3/t16-,17+/m0/s1. The van der Waals surface area contributed by atoms with Gasteiger partial charge in [-0.15, -0.1) is 11.8 Å². The fraction of sp³-hybridized carbons (Fsp3) is 0.316. The second-order valence-electron chi connectivity index (χ2n) is 6.03. The summed E-state index contributed by atoms with van der Waals surface area (Å²) in [7, 11) is 0. The lowest BCUT2D eigenvalue weighted by molar-refractivity contribution is -0.127. The molecule has 2 aromatic carbocycles. The molecule has 3 nitrogen and oxygen atoms in total. The second kappa shape index (κ2) is 7.20. The van der Waals surface area contributed by atoms with Crippen LogP contribution in [0.15, 0.2) is 59.5 Å². The van der Waals surface area contributed by atoms with Crippen molar-refractivity contribution in [2.75, 3.05) is 18.8 Å². The number of carbonyl (C=O) groups is 1. The summed E-state index contributed by atoms with van der Waals surface area (Å²) in [5.41, 5.74) is 8.71. The average molecular weight is 326 g/mol. The van der Waals surface area contributed by atoms with Crippen molar-refractivity contribution in [3.8, 4) is 0 Å². The zero-order chi connectivity index (χ0) is 16.2. The molecule has 1 amide bonds. The Kier molecular flexibility index (Phi) is 5.03. The molecule has 0 spiro atoms. The summed E-state index contributed by atoms with van der Waals surface area (Å²) < 4.78 is 0. The van der Waals surface area contributed by atoms with E-state index in [1.165, 1.54) is 16.0 Å². The van der Waals surface area contributed by atoms with E-state index in [0.29, 0.717) is 12.3 Å². The van der Waals surface area contributed by atoms with Gasteiger partial charge in [0.25, 0.3) is 0 Å². The number of likely N-dealkylation sites (tertiary alicyclic amines) is 1. The molecule has 0 saturated carbocycles. The van der Waals surface area contributed by atoms with Crippen molar-refractivity contribution in [2.45, 2.75) is 23.8 Å². The molecule has 0 unspecified atom stereocenters. The van der Waals surface area contributed by atoms with Gasteiger partial charge in [0.2, 0.25) is 5.91 Å². The second-order valence-corrected chi connectivity index (χ2v) is 7.05. The van der Waals surface area contributed by atoms with Crippen molar-refractivity contribution in [2.24, 2.45) is 5.73 Å². The molecule has 3 rings (SSSR count). The van der Waals surface area contributed by atoms with Crippen LogP contribution >= 0.6 is 11.8 Å². The number of carbonyl (C=O) groups excluding carboxylic acids is 1. The number of thioether (sulfide) groups is 1. The molecule has 0 radical (unpaired) electrons. The first-order chi connectivity index (χ1) is 11.1. The van der Waals surface area contributed by atoms with E-state index in [4.69, 9.17) is 5.73 Å². The number of aryl methyl sites for hydroxylation is 1. The predicted octanol–water partition coefficient (Wildman–Crippen LogP) is 3.04. The van der Waals surface area contributed by atoms with Gasteiger partial charge >= 0.3 is 0 Å². The third-order valence-corrected chi connectivity index (χ3v) is 5.55. The number of amides is 1. The van der Waals surface area contributed by atoms with E-state index in [9.17, 15) is 4.79 Å². The molecule has 4 heteroatoms.